The topological polar surface area (TPSA) is 38.9 Å². The number of nitrogens with two attached hydrogens (primary N) is 1. The summed E-state index contributed by atoms with van der Waals surface area (Å²) in [6, 6.07) is 8.08. The summed E-state index contributed by atoms with van der Waals surface area (Å²) in [6.07, 6.45) is 4.75. The molecule has 0 radical (unpaired) electrons. The van der Waals surface area contributed by atoms with E-state index in [4.69, 9.17) is 17.3 Å². The molecular weight excluding hydrogens is 251 g/mol. The van der Waals surface area contributed by atoms with Crippen LogP contribution in [0.4, 0.5) is 4.39 Å². The molecule has 2 rings (SSSR count). The lowest BCUT2D eigenvalue weighted by atomic mass is 10.0. The fourth-order valence-electron chi connectivity index (χ4n) is 1.88. The van der Waals surface area contributed by atoms with Gasteiger partial charge in [0.25, 0.3) is 0 Å². The van der Waals surface area contributed by atoms with Crippen molar-refractivity contribution in [2.45, 2.75) is 18.9 Å². The zero-order chi connectivity index (χ0) is 13.0. The van der Waals surface area contributed by atoms with Crippen molar-refractivity contribution in [3.8, 4) is 0 Å². The van der Waals surface area contributed by atoms with Crippen LogP contribution in [-0.4, -0.2) is 11.0 Å². The molecule has 0 saturated carbocycles. The molecule has 0 aliphatic carbocycles. The number of nitrogens with zero attached hydrogens (tertiary/aromatic N) is 1. The minimum absolute atomic E-state index is 0.103. The lowest BCUT2D eigenvalue weighted by Crippen LogP contribution is -2.25. The van der Waals surface area contributed by atoms with E-state index in [-0.39, 0.29) is 11.9 Å². The number of aromatic nitrogens is 1. The summed E-state index contributed by atoms with van der Waals surface area (Å²) in [5.74, 6) is -0.289. The fraction of sp³-hybridized carbons (Fsp3) is 0.214. The summed E-state index contributed by atoms with van der Waals surface area (Å²) in [4.78, 5) is 4.03. The summed E-state index contributed by atoms with van der Waals surface area (Å²) in [5, 5.41) is 0.554. The third-order valence-electron chi connectivity index (χ3n) is 2.71. The molecule has 0 aliphatic heterocycles. The maximum absolute atomic E-state index is 13.1. The Labute approximate surface area is 111 Å². The van der Waals surface area contributed by atoms with Gasteiger partial charge in [-0.05, 0) is 48.2 Å². The Morgan fingerprint density at radius 1 is 1.28 bits per heavy atom. The van der Waals surface area contributed by atoms with Crippen molar-refractivity contribution >= 4 is 11.6 Å². The second kappa shape index (κ2) is 5.94. The minimum atomic E-state index is -0.289. The van der Waals surface area contributed by atoms with Gasteiger partial charge in [-0.3, -0.25) is 4.98 Å². The Hall–Kier alpha value is -1.45. The van der Waals surface area contributed by atoms with Crippen molar-refractivity contribution in [1.29, 1.82) is 0 Å². The molecule has 2 nitrogen and oxygen atoms in total. The first kappa shape index (κ1) is 13.0. The van der Waals surface area contributed by atoms with Gasteiger partial charge in [0.15, 0.2) is 0 Å². The SMILES string of the molecule is NC(Cc1cccnc1)Cc1cc(F)ccc1Cl. The summed E-state index contributed by atoms with van der Waals surface area (Å²) >= 11 is 6.01. The van der Waals surface area contributed by atoms with E-state index in [1.807, 2.05) is 12.1 Å². The average Bonchev–Trinajstić information content (AvgIpc) is 2.35. The Bertz CT molecular complexity index is 516. The predicted molar refractivity (Wildman–Crippen MR) is 71.0 cm³/mol. The van der Waals surface area contributed by atoms with E-state index >= 15 is 0 Å². The Morgan fingerprint density at radius 2 is 2.11 bits per heavy atom. The number of hydrogen-bond acceptors (Lipinski definition) is 2. The molecule has 0 spiro atoms. The van der Waals surface area contributed by atoms with E-state index in [9.17, 15) is 4.39 Å². The largest absolute Gasteiger partial charge is 0.327 e. The molecule has 18 heavy (non-hydrogen) atoms. The zero-order valence-electron chi connectivity index (χ0n) is 9.81. The van der Waals surface area contributed by atoms with E-state index in [2.05, 4.69) is 4.98 Å². The van der Waals surface area contributed by atoms with Gasteiger partial charge in [0.1, 0.15) is 5.82 Å². The van der Waals surface area contributed by atoms with Crippen LogP contribution < -0.4 is 5.73 Å². The maximum atomic E-state index is 13.1. The first-order chi connectivity index (χ1) is 8.65. The lowest BCUT2D eigenvalue weighted by Gasteiger charge is -2.12. The monoisotopic (exact) mass is 264 g/mol. The van der Waals surface area contributed by atoms with Gasteiger partial charge >= 0.3 is 0 Å². The Morgan fingerprint density at radius 3 is 2.83 bits per heavy atom. The highest BCUT2D eigenvalue weighted by Crippen LogP contribution is 2.19. The van der Waals surface area contributed by atoms with Gasteiger partial charge in [-0.25, -0.2) is 4.39 Å². The van der Waals surface area contributed by atoms with Crippen LogP contribution in [0.2, 0.25) is 5.02 Å². The van der Waals surface area contributed by atoms with Crippen molar-refractivity contribution in [3.63, 3.8) is 0 Å². The number of hydrogen-bond donors (Lipinski definition) is 1. The van der Waals surface area contributed by atoms with Gasteiger partial charge in [-0.15, -0.1) is 0 Å². The smallest absolute Gasteiger partial charge is 0.123 e. The number of benzene rings is 1. The summed E-state index contributed by atoms with van der Waals surface area (Å²) in [6.45, 7) is 0. The van der Waals surface area contributed by atoms with Crippen LogP contribution in [0, 0.1) is 5.82 Å². The fourth-order valence-corrected chi connectivity index (χ4v) is 2.07. The van der Waals surface area contributed by atoms with E-state index in [1.54, 1.807) is 18.5 Å². The van der Waals surface area contributed by atoms with E-state index in [0.29, 0.717) is 17.9 Å². The minimum Gasteiger partial charge on any atom is -0.327 e. The van der Waals surface area contributed by atoms with Gasteiger partial charge in [0.2, 0.25) is 0 Å². The molecule has 1 atom stereocenters. The van der Waals surface area contributed by atoms with Gasteiger partial charge in [0, 0.05) is 23.5 Å². The van der Waals surface area contributed by atoms with Crippen LogP contribution >= 0.6 is 11.6 Å². The lowest BCUT2D eigenvalue weighted by molar-refractivity contribution is 0.618. The van der Waals surface area contributed by atoms with Crippen LogP contribution in [0.3, 0.4) is 0 Å². The Kier molecular flexibility index (Phi) is 4.28. The number of rotatable bonds is 4. The molecule has 0 aliphatic rings. The number of pyridine rings is 1. The van der Waals surface area contributed by atoms with Crippen molar-refractivity contribution in [3.05, 3.63) is 64.7 Å². The van der Waals surface area contributed by atoms with Gasteiger partial charge in [-0.1, -0.05) is 17.7 Å². The first-order valence-corrected chi connectivity index (χ1v) is 6.11. The van der Waals surface area contributed by atoms with Crippen molar-refractivity contribution in [2.75, 3.05) is 0 Å². The van der Waals surface area contributed by atoms with Crippen LogP contribution in [0.5, 0.6) is 0 Å². The van der Waals surface area contributed by atoms with Crippen molar-refractivity contribution < 1.29 is 4.39 Å². The molecular formula is C14H14ClFN2. The molecule has 1 aromatic carbocycles. The van der Waals surface area contributed by atoms with Crippen LogP contribution in [0.1, 0.15) is 11.1 Å². The predicted octanol–water partition coefficient (Wildman–Crippen LogP) is 2.99. The summed E-state index contributed by atoms with van der Waals surface area (Å²) in [5.41, 5.74) is 7.86. The summed E-state index contributed by atoms with van der Waals surface area (Å²) in [7, 11) is 0. The quantitative estimate of drug-likeness (QED) is 0.922. The van der Waals surface area contributed by atoms with Crippen LogP contribution in [0.15, 0.2) is 42.7 Å². The third-order valence-corrected chi connectivity index (χ3v) is 3.08. The molecule has 4 heteroatoms. The molecule has 2 aromatic rings. The number of halogens is 2. The van der Waals surface area contributed by atoms with E-state index in [1.165, 1.54) is 12.1 Å². The second-order valence-corrected chi connectivity index (χ2v) is 4.67. The maximum Gasteiger partial charge on any atom is 0.123 e. The van der Waals surface area contributed by atoms with Crippen molar-refractivity contribution in [1.82, 2.24) is 4.98 Å². The third kappa shape index (κ3) is 3.52. The molecule has 0 amide bonds. The van der Waals surface area contributed by atoms with Crippen molar-refractivity contribution in [2.24, 2.45) is 5.73 Å². The molecule has 0 bridgehead atoms. The molecule has 1 unspecified atom stereocenters. The second-order valence-electron chi connectivity index (χ2n) is 4.27. The van der Waals surface area contributed by atoms with Gasteiger partial charge in [-0.2, -0.15) is 0 Å². The molecule has 0 saturated heterocycles. The molecule has 0 fully saturated rings. The standard InChI is InChI=1S/C14H14ClFN2/c15-14-4-3-12(16)7-11(14)8-13(17)6-10-2-1-5-18-9-10/h1-5,7,9,13H,6,8,17H2. The summed E-state index contributed by atoms with van der Waals surface area (Å²) < 4.78 is 13.1. The average molecular weight is 265 g/mol. The van der Waals surface area contributed by atoms with E-state index in [0.717, 1.165) is 11.1 Å². The van der Waals surface area contributed by atoms with Crippen LogP contribution in [0.25, 0.3) is 0 Å². The molecule has 1 aromatic heterocycles. The first-order valence-electron chi connectivity index (χ1n) is 5.73. The van der Waals surface area contributed by atoms with Crippen LogP contribution in [-0.2, 0) is 12.8 Å². The highest BCUT2D eigenvalue weighted by atomic mass is 35.5. The highest BCUT2D eigenvalue weighted by Gasteiger charge is 2.09. The highest BCUT2D eigenvalue weighted by molar-refractivity contribution is 6.31. The Balaban J connectivity index is 2.03. The van der Waals surface area contributed by atoms with E-state index < -0.39 is 0 Å². The normalized spacial score (nSPS) is 12.4. The zero-order valence-corrected chi connectivity index (χ0v) is 10.6. The van der Waals surface area contributed by atoms with Gasteiger partial charge in [0.05, 0.1) is 0 Å². The molecule has 94 valence electrons. The molecule has 2 N–H and O–H groups in total. The van der Waals surface area contributed by atoms with Gasteiger partial charge < -0.3 is 5.73 Å². The molecule has 1 heterocycles.